The van der Waals surface area contributed by atoms with Crippen LogP contribution in [-0.4, -0.2) is 45.6 Å². The normalized spacial score (nSPS) is 23.4. The summed E-state index contributed by atoms with van der Waals surface area (Å²) in [5.41, 5.74) is 1.82. The molecule has 0 saturated carbocycles. The van der Waals surface area contributed by atoms with Gasteiger partial charge >= 0.3 is 0 Å². The molecule has 0 aromatic heterocycles. The van der Waals surface area contributed by atoms with Crippen LogP contribution in [0, 0.1) is 11.6 Å². The number of benzodiazepines with no additional fused rings is 1. The molecule has 3 aromatic carbocycles. The molecule has 7 nitrogen and oxygen atoms in total. The highest BCUT2D eigenvalue weighted by Gasteiger charge is 2.46. The first-order valence-electron chi connectivity index (χ1n) is 12.9. The Bertz CT molecular complexity index is 1510. The molecule has 3 heterocycles. The standard InChI is InChI=1S/C29H26F2N4O3/c1-17-12-13-34-25(38-17)15-24(20-11-10-18(16-36)14-23(20)31)35(34)28-29(37)33-27-21(8-5-9-22(27)30)26(32-28)19-6-3-2-4-7-19/h2-11,14-15,17,24,28,36H,12-13,16H2,1H3,(H,33,37)/t17-,24?,28+/m1/s1/i14D. The number of amides is 1. The zero-order valence-electron chi connectivity index (χ0n) is 21.6. The number of nitrogens with zero attached hydrogens (tertiary/aromatic N) is 3. The minimum Gasteiger partial charge on any atom is -0.475 e. The number of aliphatic hydroxyl groups excluding tert-OH is 1. The van der Waals surface area contributed by atoms with E-state index in [2.05, 4.69) is 5.32 Å². The lowest BCUT2D eigenvalue weighted by atomic mass is 10.0. The fourth-order valence-electron chi connectivity index (χ4n) is 5.10. The maximum Gasteiger partial charge on any atom is 0.265 e. The number of carbonyl (C=O) groups is 1. The van der Waals surface area contributed by atoms with E-state index in [0.717, 1.165) is 0 Å². The van der Waals surface area contributed by atoms with Gasteiger partial charge in [0.15, 0.2) is 6.17 Å². The summed E-state index contributed by atoms with van der Waals surface area (Å²) in [7, 11) is 0. The van der Waals surface area contributed by atoms with Gasteiger partial charge < -0.3 is 15.2 Å². The number of para-hydroxylation sites is 1. The molecule has 3 aromatic rings. The molecule has 0 radical (unpaired) electrons. The highest BCUT2D eigenvalue weighted by molar-refractivity contribution is 6.19. The van der Waals surface area contributed by atoms with Crippen molar-refractivity contribution in [3.05, 3.63) is 113 Å². The summed E-state index contributed by atoms with van der Waals surface area (Å²) in [6, 6.07) is 15.4. The van der Waals surface area contributed by atoms with Crippen LogP contribution in [0.4, 0.5) is 14.5 Å². The Morgan fingerprint density at radius 3 is 2.74 bits per heavy atom. The molecule has 3 aliphatic heterocycles. The molecule has 2 N–H and O–H groups in total. The van der Waals surface area contributed by atoms with Crippen LogP contribution in [-0.2, 0) is 16.1 Å². The smallest absolute Gasteiger partial charge is 0.265 e. The Balaban J connectivity index is 1.53. The van der Waals surface area contributed by atoms with Gasteiger partial charge in [0, 0.05) is 35.7 Å². The lowest BCUT2D eigenvalue weighted by Gasteiger charge is -2.41. The van der Waals surface area contributed by atoms with Crippen LogP contribution in [0.15, 0.2) is 83.7 Å². The first kappa shape index (κ1) is 23.1. The number of aliphatic hydroxyl groups is 1. The Kier molecular flexibility index (Phi) is 5.87. The molecule has 1 unspecified atom stereocenters. The van der Waals surface area contributed by atoms with Gasteiger partial charge in [-0.2, -0.15) is 5.01 Å². The van der Waals surface area contributed by atoms with Crippen molar-refractivity contribution in [2.45, 2.75) is 38.3 Å². The summed E-state index contributed by atoms with van der Waals surface area (Å²) in [5, 5.41) is 15.6. The van der Waals surface area contributed by atoms with Gasteiger partial charge in [-0.25, -0.2) is 8.78 Å². The van der Waals surface area contributed by atoms with E-state index in [1.165, 1.54) is 18.2 Å². The van der Waals surface area contributed by atoms with E-state index in [1.807, 2.05) is 37.3 Å². The van der Waals surface area contributed by atoms with Gasteiger partial charge in [-0.05, 0) is 24.6 Å². The fourth-order valence-corrected chi connectivity index (χ4v) is 5.10. The van der Waals surface area contributed by atoms with Crippen LogP contribution in [0.2, 0.25) is 0 Å². The van der Waals surface area contributed by atoms with Crippen LogP contribution < -0.4 is 5.32 Å². The largest absolute Gasteiger partial charge is 0.475 e. The summed E-state index contributed by atoms with van der Waals surface area (Å²) in [4.78, 5) is 18.7. The number of carbonyl (C=O) groups excluding carboxylic acids is 1. The molecule has 38 heavy (non-hydrogen) atoms. The fraction of sp³-hybridized carbons (Fsp3) is 0.241. The number of aliphatic imine (C=N–C) groups is 1. The second kappa shape index (κ2) is 9.66. The number of ether oxygens (including phenoxy) is 1. The van der Waals surface area contributed by atoms with Crippen molar-refractivity contribution < 1.29 is 24.8 Å². The first-order valence-corrected chi connectivity index (χ1v) is 12.4. The third-order valence-corrected chi connectivity index (χ3v) is 6.97. The number of benzene rings is 3. The summed E-state index contributed by atoms with van der Waals surface area (Å²) < 4.78 is 44.9. The van der Waals surface area contributed by atoms with Crippen LogP contribution in [0.3, 0.4) is 0 Å². The Labute approximate surface area is 220 Å². The highest BCUT2D eigenvalue weighted by atomic mass is 19.1. The molecule has 9 heteroatoms. The molecule has 0 spiro atoms. The summed E-state index contributed by atoms with van der Waals surface area (Å²) >= 11 is 0. The van der Waals surface area contributed by atoms with Gasteiger partial charge in [0.25, 0.3) is 5.91 Å². The van der Waals surface area contributed by atoms with Crippen molar-refractivity contribution >= 4 is 17.3 Å². The molecule has 0 aliphatic carbocycles. The van der Waals surface area contributed by atoms with E-state index in [0.29, 0.717) is 35.7 Å². The van der Waals surface area contributed by atoms with E-state index in [9.17, 15) is 9.90 Å². The minimum absolute atomic E-state index is 0.0203. The quantitative estimate of drug-likeness (QED) is 0.533. The van der Waals surface area contributed by atoms with Gasteiger partial charge in [-0.1, -0.05) is 54.6 Å². The molecule has 1 fully saturated rings. The third-order valence-electron chi connectivity index (χ3n) is 6.97. The van der Waals surface area contributed by atoms with Gasteiger partial charge in [-0.15, -0.1) is 0 Å². The third kappa shape index (κ3) is 4.13. The Hall–Kier alpha value is -4.08. The molecule has 194 valence electrons. The summed E-state index contributed by atoms with van der Waals surface area (Å²) in [6.45, 7) is 1.94. The van der Waals surface area contributed by atoms with Crippen molar-refractivity contribution in [2.75, 3.05) is 11.9 Å². The topological polar surface area (TPSA) is 77.4 Å². The SMILES string of the molecule is [2H]c1c(CO)ccc(C2C=C3O[C@H](C)CCN3N2[C@@H]2N=C(c3ccccc3)c3cccc(F)c3NC2=O)c1F. The molecular formula is C29H26F2N4O3. The zero-order valence-corrected chi connectivity index (χ0v) is 20.6. The molecule has 6 rings (SSSR count). The molecule has 1 saturated heterocycles. The lowest BCUT2D eigenvalue weighted by Crippen LogP contribution is -2.52. The highest BCUT2D eigenvalue weighted by Crippen LogP contribution is 2.41. The number of fused-ring (bicyclic) bond motifs is 2. The van der Waals surface area contributed by atoms with Crippen LogP contribution in [0.1, 0.15) is 43.0 Å². The van der Waals surface area contributed by atoms with Crippen LogP contribution in [0.25, 0.3) is 0 Å². The second-order valence-corrected chi connectivity index (χ2v) is 9.45. The predicted octanol–water partition coefficient (Wildman–Crippen LogP) is 4.50. The zero-order chi connectivity index (χ0) is 27.3. The Morgan fingerprint density at radius 2 is 1.95 bits per heavy atom. The maximum atomic E-state index is 15.6. The van der Waals surface area contributed by atoms with Crippen molar-refractivity contribution in [2.24, 2.45) is 4.99 Å². The number of hydrogen-bond donors (Lipinski definition) is 2. The minimum atomic E-state index is -1.23. The maximum absolute atomic E-state index is 15.6. The van der Waals surface area contributed by atoms with E-state index in [1.54, 1.807) is 28.2 Å². The molecular weight excluding hydrogens is 490 g/mol. The monoisotopic (exact) mass is 517 g/mol. The number of anilines is 1. The van der Waals surface area contributed by atoms with E-state index in [4.69, 9.17) is 11.1 Å². The van der Waals surface area contributed by atoms with Crippen molar-refractivity contribution in [3.63, 3.8) is 0 Å². The van der Waals surface area contributed by atoms with E-state index < -0.39 is 42.4 Å². The average Bonchev–Trinajstić information content (AvgIpc) is 3.22. The van der Waals surface area contributed by atoms with Gasteiger partial charge in [0.1, 0.15) is 11.6 Å². The number of halogens is 2. The summed E-state index contributed by atoms with van der Waals surface area (Å²) in [6.07, 6.45) is 1.03. The van der Waals surface area contributed by atoms with E-state index in [-0.39, 0.29) is 22.9 Å². The second-order valence-electron chi connectivity index (χ2n) is 9.45. The van der Waals surface area contributed by atoms with Crippen molar-refractivity contribution in [3.8, 4) is 0 Å². The molecule has 0 bridgehead atoms. The molecule has 3 aliphatic rings. The van der Waals surface area contributed by atoms with Gasteiger partial charge in [0.05, 0.1) is 31.5 Å². The van der Waals surface area contributed by atoms with Gasteiger partial charge in [-0.3, -0.25) is 14.8 Å². The van der Waals surface area contributed by atoms with E-state index >= 15 is 8.78 Å². The molecule has 3 atom stereocenters. The molecule has 1 amide bonds. The first-order chi connectivity index (χ1) is 18.9. The number of hydrogen-bond acceptors (Lipinski definition) is 6. The number of rotatable bonds is 4. The predicted molar refractivity (Wildman–Crippen MR) is 138 cm³/mol. The number of hydrazine groups is 1. The van der Waals surface area contributed by atoms with Crippen molar-refractivity contribution in [1.82, 2.24) is 10.0 Å². The number of nitrogens with one attached hydrogen (secondary N) is 1. The van der Waals surface area contributed by atoms with Crippen molar-refractivity contribution in [1.29, 1.82) is 0 Å². The lowest BCUT2D eigenvalue weighted by molar-refractivity contribution is -0.140. The average molecular weight is 518 g/mol. The van der Waals surface area contributed by atoms with Crippen LogP contribution in [0.5, 0.6) is 0 Å². The van der Waals surface area contributed by atoms with Gasteiger partial charge in [0.2, 0.25) is 5.88 Å². The summed E-state index contributed by atoms with van der Waals surface area (Å²) in [5.74, 6) is -1.55. The Morgan fingerprint density at radius 1 is 1.13 bits per heavy atom. The van der Waals surface area contributed by atoms with Crippen LogP contribution >= 0.6 is 0 Å².